The van der Waals surface area contributed by atoms with E-state index in [0.29, 0.717) is 6.42 Å². The topological polar surface area (TPSA) is 20.2 Å². The molecular formula is C14H20OS2. The maximum Gasteiger partial charge on any atom is 0.0771 e. The SMILES string of the molecule is CCC(C)CSCc1ccc(C#CCCO)s1. The normalized spacial score (nSPS) is 11.9. The summed E-state index contributed by atoms with van der Waals surface area (Å²) in [5, 5.41) is 8.64. The van der Waals surface area contributed by atoms with Crippen LogP contribution in [0.15, 0.2) is 12.1 Å². The Morgan fingerprint density at radius 2 is 2.29 bits per heavy atom. The van der Waals surface area contributed by atoms with Gasteiger partial charge >= 0.3 is 0 Å². The van der Waals surface area contributed by atoms with E-state index in [4.69, 9.17) is 5.11 Å². The molecule has 1 N–H and O–H groups in total. The molecule has 0 aliphatic rings. The van der Waals surface area contributed by atoms with E-state index in [0.717, 1.165) is 16.5 Å². The van der Waals surface area contributed by atoms with Crippen LogP contribution in [0.4, 0.5) is 0 Å². The number of thiophene rings is 1. The van der Waals surface area contributed by atoms with Crippen LogP contribution in [0.1, 0.15) is 36.4 Å². The summed E-state index contributed by atoms with van der Waals surface area (Å²) in [4.78, 5) is 2.50. The quantitative estimate of drug-likeness (QED) is 0.793. The van der Waals surface area contributed by atoms with Gasteiger partial charge in [0.1, 0.15) is 0 Å². The molecule has 0 amide bonds. The summed E-state index contributed by atoms with van der Waals surface area (Å²) in [6.07, 6.45) is 1.82. The summed E-state index contributed by atoms with van der Waals surface area (Å²) in [5.41, 5.74) is 0. The lowest BCUT2D eigenvalue weighted by Gasteiger charge is -2.06. The van der Waals surface area contributed by atoms with Crippen molar-refractivity contribution in [2.45, 2.75) is 32.4 Å². The first-order chi connectivity index (χ1) is 8.26. The molecule has 1 unspecified atom stereocenters. The van der Waals surface area contributed by atoms with Crippen LogP contribution >= 0.6 is 23.1 Å². The molecule has 0 radical (unpaired) electrons. The predicted molar refractivity (Wildman–Crippen MR) is 78.5 cm³/mol. The molecule has 0 saturated carbocycles. The molecule has 1 nitrogen and oxygen atoms in total. The van der Waals surface area contributed by atoms with Crippen molar-refractivity contribution < 1.29 is 5.11 Å². The summed E-state index contributed by atoms with van der Waals surface area (Å²) < 4.78 is 0. The average molecular weight is 268 g/mol. The zero-order valence-corrected chi connectivity index (χ0v) is 12.2. The monoisotopic (exact) mass is 268 g/mol. The van der Waals surface area contributed by atoms with E-state index >= 15 is 0 Å². The first-order valence-corrected chi connectivity index (χ1v) is 7.99. The summed E-state index contributed by atoms with van der Waals surface area (Å²) in [6.45, 7) is 4.69. The number of hydrogen-bond donors (Lipinski definition) is 1. The van der Waals surface area contributed by atoms with Crippen LogP contribution in [0.3, 0.4) is 0 Å². The highest BCUT2D eigenvalue weighted by Crippen LogP contribution is 2.22. The van der Waals surface area contributed by atoms with Crippen LogP contribution in [-0.2, 0) is 5.75 Å². The van der Waals surface area contributed by atoms with Gasteiger partial charge in [0.2, 0.25) is 0 Å². The highest BCUT2D eigenvalue weighted by molar-refractivity contribution is 7.98. The van der Waals surface area contributed by atoms with Crippen molar-refractivity contribution in [3.05, 3.63) is 21.9 Å². The van der Waals surface area contributed by atoms with Gasteiger partial charge in [0, 0.05) is 17.1 Å². The minimum Gasteiger partial charge on any atom is -0.395 e. The molecule has 0 aliphatic carbocycles. The number of rotatable bonds is 6. The number of thioether (sulfide) groups is 1. The maximum atomic E-state index is 8.64. The van der Waals surface area contributed by atoms with E-state index < -0.39 is 0 Å². The first-order valence-electron chi connectivity index (χ1n) is 6.02. The predicted octanol–water partition coefficient (Wildman–Crippen LogP) is 3.76. The largest absolute Gasteiger partial charge is 0.395 e. The highest BCUT2D eigenvalue weighted by Gasteiger charge is 2.01. The van der Waals surface area contributed by atoms with Crippen molar-refractivity contribution in [3.8, 4) is 11.8 Å². The van der Waals surface area contributed by atoms with Gasteiger partial charge in [0.25, 0.3) is 0 Å². The fourth-order valence-corrected chi connectivity index (χ4v) is 3.42. The van der Waals surface area contributed by atoms with Crippen molar-refractivity contribution in [3.63, 3.8) is 0 Å². The zero-order chi connectivity index (χ0) is 12.5. The molecule has 17 heavy (non-hydrogen) atoms. The van der Waals surface area contributed by atoms with Gasteiger partial charge in [-0.15, -0.1) is 11.3 Å². The van der Waals surface area contributed by atoms with Crippen molar-refractivity contribution in [1.82, 2.24) is 0 Å². The van der Waals surface area contributed by atoms with Crippen molar-refractivity contribution in [2.24, 2.45) is 5.92 Å². The Balaban J connectivity index is 2.34. The number of hydrogen-bond acceptors (Lipinski definition) is 3. The van der Waals surface area contributed by atoms with Crippen LogP contribution < -0.4 is 0 Å². The Labute approximate surface area is 113 Å². The molecule has 1 aromatic heterocycles. The van der Waals surface area contributed by atoms with Crippen LogP contribution in [0.25, 0.3) is 0 Å². The van der Waals surface area contributed by atoms with Gasteiger partial charge in [-0.25, -0.2) is 0 Å². The van der Waals surface area contributed by atoms with Gasteiger partial charge < -0.3 is 5.11 Å². The molecule has 1 atom stereocenters. The smallest absolute Gasteiger partial charge is 0.0771 e. The van der Waals surface area contributed by atoms with Crippen molar-refractivity contribution in [2.75, 3.05) is 12.4 Å². The molecular weight excluding hydrogens is 248 g/mol. The van der Waals surface area contributed by atoms with E-state index in [1.54, 1.807) is 11.3 Å². The second kappa shape index (κ2) is 8.63. The average Bonchev–Trinajstić information content (AvgIpc) is 2.77. The van der Waals surface area contributed by atoms with Crippen LogP contribution in [0, 0.1) is 17.8 Å². The Hall–Kier alpha value is -0.430. The molecule has 1 heterocycles. The molecule has 3 heteroatoms. The van der Waals surface area contributed by atoms with Gasteiger partial charge in [0.15, 0.2) is 0 Å². The first kappa shape index (κ1) is 14.6. The molecule has 0 saturated heterocycles. The Kier molecular flexibility index (Phi) is 7.43. The van der Waals surface area contributed by atoms with E-state index in [2.05, 4.69) is 37.8 Å². The second-order valence-electron chi connectivity index (χ2n) is 4.07. The second-order valence-corrected chi connectivity index (χ2v) is 6.27. The number of aliphatic hydroxyl groups is 1. The lowest BCUT2D eigenvalue weighted by Crippen LogP contribution is -1.95. The van der Waals surface area contributed by atoms with Gasteiger partial charge in [0.05, 0.1) is 11.5 Å². The van der Waals surface area contributed by atoms with Gasteiger partial charge in [-0.2, -0.15) is 11.8 Å². The summed E-state index contributed by atoms with van der Waals surface area (Å²) in [7, 11) is 0. The van der Waals surface area contributed by atoms with E-state index in [9.17, 15) is 0 Å². The molecule has 0 spiro atoms. The van der Waals surface area contributed by atoms with Gasteiger partial charge in [-0.1, -0.05) is 32.1 Å². The zero-order valence-electron chi connectivity index (χ0n) is 10.5. The third-order valence-electron chi connectivity index (χ3n) is 2.45. The van der Waals surface area contributed by atoms with Gasteiger partial charge in [-0.3, -0.25) is 0 Å². The molecule has 0 bridgehead atoms. The molecule has 0 fully saturated rings. The molecule has 0 aliphatic heterocycles. The van der Waals surface area contributed by atoms with Crippen LogP contribution in [0.5, 0.6) is 0 Å². The van der Waals surface area contributed by atoms with Crippen LogP contribution in [-0.4, -0.2) is 17.5 Å². The third kappa shape index (κ3) is 6.16. The molecule has 0 aromatic carbocycles. The number of aliphatic hydroxyl groups excluding tert-OH is 1. The fraction of sp³-hybridized carbons (Fsp3) is 0.571. The summed E-state index contributed by atoms with van der Waals surface area (Å²) in [6, 6.07) is 4.24. The highest BCUT2D eigenvalue weighted by atomic mass is 32.2. The van der Waals surface area contributed by atoms with Gasteiger partial charge in [-0.05, 0) is 23.8 Å². The lowest BCUT2D eigenvalue weighted by molar-refractivity contribution is 0.305. The maximum absolute atomic E-state index is 8.64. The molecule has 1 rings (SSSR count). The van der Waals surface area contributed by atoms with E-state index in [1.807, 2.05) is 11.8 Å². The third-order valence-corrected chi connectivity index (χ3v) is 4.96. The lowest BCUT2D eigenvalue weighted by atomic mass is 10.2. The molecule has 1 aromatic rings. The Morgan fingerprint density at radius 1 is 1.47 bits per heavy atom. The minimum absolute atomic E-state index is 0.149. The summed E-state index contributed by atoms with van der Waals surface area (Å²) >= 11 is 3.77. The molecule has 94 valence electrons. The summed E-state index contributed by atoms with van der Waals surface area (Å²) in [5.74, 6) is 9.17. The van der Waals surface area contributed by atoms with Crippen molar-refractivity contribution >= 4 is 23.1 Å². The fourth-order valence-electron chi connectivity index (χ4n) is 1.21. The van der Waals surface area contributed by atoms with E-state index in [-0.39, 0.29) is 6.61 Å². The van der Waals surface area contributed by atoms with E-state index in [1.165, 1.54) is 17.1 Å². The van der Waals surface area contributed by atoms with Crippen LogP contribution in [0.2, 0.25) is 0 Å². The Bertz CT molecular complexity index is 373. The standard InChI is InChI=1S/C14H20OS2/c1-3-12(2)10-16-11-14-8-7-13(17-14)6-4-5-9-15/h7-8,12,15H,3,5,9-11H2,1-2H3. The van der Waals surface area contributed by atoms with Crippen molar-refractivity contribution in [1.29, 1.82) is 0 Å². The minimum atomic E-state index is 0.149. The Morgan fingerprint density at radius 3 is 3.00 bits per heavy atom.